The molecule has 6 nitrogen and oxygen atoms in total. The van der Waals surface area contributed by atoms with E-state index in [-0.39, 0.29) is 17.9 Å². The van der Waals surface area contributed by atoms with Gasteiger partial charge in [0.15, 0.2) is 0 Å². The van der Waals surface area contributed by atoms with E-state index < -0.39 is 0 Å². The van der Waals surface area contributed by atoms with Crippen LogP contribution >= 0.6 is 0 Å². The Labute approximate surface area is 190 Å². The van der Waals surface area contributed by atoms with Crippen LogP contribution in [0.3, 0.4) is 0 Å². The van der Waals surface area contributed by atoms with Gasteiger partial charge in [0.05, 0.1) is 6.54 Å². The third-order valence-corrected chi connectivity index (χ3v) is 6.27. The third-order valence-electron chi connectivity index (χ3n) is 6.27. The van der Waals surface area contributed by atoms with Crippen molar-refractivity contribution in [2.24, 2.45) is 5.92 Å². The van der Waals surface area contributed by atoms with Crippen molar-refractivity contribution in [2.75, 3.05) is 13.1 Å². The molecule has 0 bridgehead atoms. The predicted octanol–water partition coefficient (Wildman–Crippen LogP) is 4.39. The molecule has 0 spiro atoms. The molecule has 1 saturated heterocycles. The first-order chi connectivity index (χ1) is 15.6. The maximum absolute atomic E-state index is 12.7. The lowest BCUT2D eigenvalue weighted by Gasteiger charge is -2.30. The maximum Gasteiger partial charge on any atom is 0.241 e. The van der Waals surface area contributed by atoms with Crippen LogP contribution < -0.4 is 5.32 Å². The zero-order chi connectivity index (χ0) is 22.3. The van der Waals surface area contributed by atoms with E-state index >= 15 is 0 Å². The van der Waals surface area contributed by atoms with Crippen LogP contribution in [-0.2, 0) is 17.8 Å². The second kappa shape index (κ2) is 10.6. The van der Waals surface area contributed by atoms with Crippen molar-refractivity contribution >= 4 is 5.91 Å². The quantitative estimate of drug-likeness (QED) is 0.571. The van der Waals surface area contributed by atoms with E-state index in [9.17, 15) is 4.79 Å². The monoisotopic (exact) mass is 432 g/mol. The number of carbonyl (C=O) groups excluding carboxylic acids is 1. The van der Waals surface area contributed by atoms with E-state index in [2.05, 4.69) is 51.5 Å². The van der Waals surface area contributed by atoms with Crippen LogP contribution in [0.15, 0.2) is 59.1 Å². The minimum absolute atomic E-state index is 0.0793. The topological polar surface area (TPSA) is 71.3 Å². The van der Waals surface area contributed by atoms with Gasteiger partial charge < -0.3 is 9.84 Å². The number of benzene rings is 2. The molecule has 1 N–H and O–H groups in total. The van der Waals surface area contributed by atoms with Crippen LogP contribution in [0.25, 0.3) is 11.4 Å². The highest BCUT2D eigenvalue weighted by Crippen LogP contribution is 2.22. The van der Waals surface area contributed by atoms with Crippen LogP contribution in [0.2, 0.25) is 0 Å². The first-order valence-corrected chi connectivity index (χ1v) is 11.5. The average molecular weight is 433 g/mol. The fourth-order valence-corrected chi connectivity index (χ4v) is 4.26. The second-order valence-corrected chi connectivity index (χ2v) is 8.81. The van der Waals surface area contributed by atoms with E-state index in [1.54, 1.807) is 0 Å². The summed E-state index contributed by atoms with van der Waals surface area (Å²) >= 11 is 0. The molecule has 1 aliphatic rings. The zero-order valence-electron chi connectivity index (χ0n) is 19.0. The number of amides is 1. The molecule has 1 atom stereocenters. The number of rotatable bonds is 8. The molecule has 0 aliphatic carbocycles. The van der Waals surface area contributed by atoms with E-state index in [0.717, 1.165) is 49.9 Å². The molecule has 3 aromatic rings. The van der Waals surface area contributed by atoms with E-state index in [0.29, 0.717) is 18.3 Å². The molecule has 0 radical (unpaired) electrons. The van der Waals surface area contributed by atoms with Crippen molar-refractivity contribution < 1.29 is 9.32 Å². The zero-order valence-corrected chi connectivity index (χ0v) is 19.0. The molecule has 1 aromatic heterocycles. The van der Waals surface area contributed by atoms with Crippen molar-refractivity contribution in [2.45, 2.75) is 52.1 Å². The van der Waals surface area contributed by atoms with Gasteiger partial charge in [-0.25, -0.2) is 0 Å². The number of piperidine rings is 1. The molecule has 6 heteroatoms. The summed E-state index contributed by atoms with van der Waals surface area (Å²) in [5.41, 5.74) is 3.44. The molecule has 1 fully saturated rings. The number of carbonyl (C=O) groups is 1. The third kappa shape index (κ3) is 5.82. The van der Waals surface area contributed by atoms with Gasteiger partial charge >= 0.3 is 0 Å². The molecule has 4 rings (SSSR count). The largest absolute Gasteiger partial charge is 0.353 e. The van der Waals surface area contributed by atoms with Crippen molar-refractivity contribution in [1.82, 2.24) is 20.4 Å². The Morgan fingerprint density at radius 2 is 1.84 bits per heavy atom. The summed E-state index contributed by atoms with van der Waals surface area (Å²) in [6.45, 7) is 6.49. The standard InChI is InChI=1S/C26H32N4O2/c1-19-8-6-7-11-23(19)25-28-24(32-29-25)18-30-16-14-22(15-17-30)26(31)27-20(2)12-13-21-9-4-3-5-10-21/h3-11,20,22H,12-18H2,1-2H3,(H,27,31). The Morgan fingerprint density at radius 1 is 1.12 bits per heavy atom. The first-order valence-electron chi connectivity index (χ1n) is 11.5. The molecule has 2 heterocycles. The smallest absolute Gasteiger partial charge is 0.241 e. The lowest BCUT2D eigenvalue weighted by Crippen LogP contribution is -2.43. The van der Waals surface area contributed by atoms with Crippen LogP contribution in [-0.4, -0.2) is 40.1 Å². The van der Waals surface area contributed by atoms with Crippen molar-refractivity contribution in [1.29, 1.82) is 0 Å². The Bertz CT molecular complexity index is 1010. The van der Waals surface area contributed by atoms with Gasteiger partial charge in [0.1, 0.15) is 0 Å². The molecule has 1 aliphatic heterocycles. The average Bonchev–Trinajstić information content (AvgIpc) is 3.27. The van der Waals surface area contributed by atoms with Gasteiger partial charge in [0.2, 0.25) is 17.6 Å². The summed E-state index contributed by atoms with van der Waals surface area (Å²) in [6.07, 6.45) is 3.65. The molecule has 2 aromatic carbocycles. The van der Waals surface area contributed by atoms with Gasteiger partial charge in [-0.2, -0.15) is 4.98 Å². The molecule has 32 heavy (non-hydrogen) atoms. The maximum atomic E-state index is 12.7. The molecule has 1 amide bonds. The number of likely N-dealkylation sites (tertiary alicyclic amines) is 1. The second-order valence-electron chi connectivity index (χ2n) is 8.81. The van der Waals surface area contributed by atoms with Gasteiger partial charge in [0, 0.05) is 17.5 Å². The van der Waals surface area contributed by atoms with Gasteiger partial charge in [-0.15, -0.1) is 0 Å². The predicted molar refractivity (Wildman–Crippen MR) is 125 cm³/mol. The van der Waals surface area contributed by atoms with Crippen LogP contribution in [0.1, 0.15) is 43.2 Å². The number of aromatic nitrogens is 2. The summed E-state index contributed by atoms with van der Waals surface area (Å²) in [7, 11) is 0. The number of hydrogen-bond acceptors (Lipinski definition) is 5. The van der Waals surface area contributed by atoms with Gasteiger partial charge in [-0.05, 0) is 63.7 Å². The van der Waals surface area contributed by atoms with Crippen molar-refractivity contribution in [3.05, 3.63) is 71.6 Å². The number of nitrogens with zero attached hydrogens (tertiary/aromatic N) is 3. The normalized spacial score (nSPS) is 16.1. The minimum Gasteiger partial charge on any atom is -0.353 e. The highest BCUT2D eigenvalue weighted by Gasteiger charge is 2.26. The SMILES string of the molecule is Cc1ccccc1-c1noc(CN2CCC(C(=O)NC(C)CCc3ccccc3)CC2)n1. The summed E-state index contributed by atoms with van der Waals surface area (Å²) in [5.74, 6) is 1.53. The molecular weight excluding hydrogens is 400 g/mol. The Balaban J connectivity index is 1.21. The van der Waals surface area contributed by atoms with E-state index in [1.165, 1.54) is 5.56 Å². The highest BCUT2D eigenvalue weighted by atomic mass is 16.5. The molecule has 0 saturated carbocycles. The van der Waals surface area contributed by atoms with Gasteiger partial charge in [0.25, 0.3) is 0 Å². The molecule has 1 unspecified atom stereocenters. The first kappa shape index (κ1) is 22.2. The highest BCUT2D eigenvalue weighted by molar-refractivity contribution is 5.79. The number of nitrogens with one attached hydrogen (secondary N) is 1. The molecule has 168 valence electrons. The minimum atomic E-state index is 0.0793. The lowest BCUT2D eigenvalue weighted by atomic mass is 9.95. The van der Waals surface area contributed by atoms with Crippen molar-refractivity contribution in [3.8, 4) is 11.4 Å². The van der Waals surface area contributed by atoms with E-state index in [4.69, 9.17) is 4.52 Å². The Hall–Kier alpha value is -2.99. The Kier molecular flexibility index (Phi) is 7.32. The Morgan fingerprint density at radius 3 is 2.59 bits per heavy atom. The fraction of sp³-hybridized carbons (Fsp3) is 0.423. The van der Waals surface area contributed by atoms with Gasteiger partial charge in [-0.1, -0.05) is 59.8 Å². The summed E-state index contributed by atoms with van der Waals surface area (Å²) in [4.78, 5) is 19.6. The van der Waals surface area contributed by atoms with Crippen LogP contribution in [0.5, 0.6) is 0 Å². The van der Waals surface area contributed by atoms with Gasteiger partial charge in [-0.3, -0.25) is 9.69 Å². The fourth-order valence-electron chi connectivity index (χ4n) is 4.26. The summed E-state index contributed by atoms with van der Waals surface area (Å²) < 4.78 is 5.49. The van der Waals surface area contributed by atoms with Crippen LogP contribution in [0.4, 0.5) is 0 Å². The van der Waals surface area contributed by atoms with E-state index in [1.807, 2.05) is 37.3 Å². The molecular formula is C26H32N4O2. The lowest BCUT2D eigenvalue weighted by molar-refractivity contribution is -0.127. The van der Waals surface area contributed by atoms with Crippen LogP contribution in [0, 0.1) is 12.8 Å². The number of aryl methyl sites for hydroxylation is 2. The van der Waals surface area contributed by atoms with Crippen molar-refractivity contribution in [3.63, 3.8) is 0 Å². The summed E-state index contributed by atoms with van der Waals surface area (Å²) in [6, 6.07) is 18.6. The number of hydrogen-bond donors (Lipinski definition) is 1. The summed E-state index contributed by atoms with van der Waals surface area (Å²) in [5, 5.41) is 7.36.